The molecular formula is C16H23NOS. The molecule has 0 saturated heterocycles. The summed E-state index contributed by atoms with van der Waals surface area (Å²) in [5.41, 5.74) is 2.75. The topological polar surface area (TPSA) is 32.3 Å². The van der Waals surface area contributed by atoms with E-state index in [0.29, 0.717) is 17.8 Å². The van der Waals surface area contributed by atoms with Gasteiger partial charge in [0.25, 0.3) is 0 Å². The predicted octanol–water partition coefficient (Wildman–Crippen LogP) is 3.64. The third-order valence-corrected chi connectivity index (χ3v) is 5.78. The van der Waals surface area contributed by atoms with E-state index in [1.165, 1.54) is 43.2 Å². The zero-order valence-corrected chi connectivity index (χ0v) is 12.4. The standard InChI is InChI=1S/C16H23NOS/c1-19-16-7-3-6-15(16)17-14-5-2-4-11-10-12(18)8-9-13(11)14/h8-10,14-18H,2-7H2,1H3. The Hall–Kier alpha value is -0.670. The fourth-order valence-electron chi connectivity index (χ4n) is 3.63. The highest BCUT2D eigenvalue weighted by Gasteiger charge is 2.30. The second kappa shape index (κ2) is 5.76. The number of hydrogen-bond donors (Lipinski definition) is 2. The molecule has 3 heteroatoms. The molecular weight excluding hydrogens is 254 g/mol. The minimum atomic E-state index is 0.405. The van der Waals surface area contributed by atoms with E-state index in [1.807, 2.05) is 23.9 Å². The van der Waals surface area contributed by atoms with Crippen molar-refractivity contribution in [1.82, 2.24) is 5.32 Å². The summed E-state index contributed by atoms with van der Waals surface area (Å²) in [6.45, 7) is 0. The van der Waals surface area contributed by atoms with Gasteiger partial charge in [0.05, 0.1) is 0 Å². The van der Waals surface area contributed by atoms with Crippen molar-refractivity contribution in [2.24, 2.45) is 0 Å². The van der Waals surface area contributed by atoms with Gasteiger partial charge in [-0.3, -0.25) is 0 Å². The quantitative estimate of drug-likeness (QED) is 0.884. The molecule has 3 rings (SSSR count). The van der Waals surface area contributed by atoms with Gasteiger partial charge in [0.15, 0.2) is 0 Å². The summed E-state index contributed by atoms with van der Waals surface area (Å²) in [6.07, 6.45) is 9.83. The van der Waals surface area contributed by atoms with Gasteiger partial charge < -0.3 is 10.4 Å². The number of phenols is 1. The third kappa shape index (κ3) is 2.77. The van der Waals surface area contributed by atoms with Gasteiger partial charge >= 0.3 is 0 Å². The first-order valence-electron chi connectivity index (χ1n) is 7.38. The highest BCUT2D eigenvalue weighted by atomic mass is 32.2. The summed E-state index contributed by atoms with van der Waals surface area (Å²) in [7, 11) is 0. The second-order valence-corrected chi connectivity index (χ2v) is 6.88. The molecule has 2 N–H and O–H groups in total. The Morgan fingerprint density at radius 3 is 2.95 bits per heavy atom. The smallest absolute Gasteiger partial charge is 0.115 e. The highest BCUT2D eigenvalue weighted by Crippen LogP contribution is 2.35. The zero-order valence-electron chi connectivity index (χ0n) is 11.6. The molecule has 3 atom stereocenters. The molecule has 0 bridgehead atoms. The predicted molar refractivity (Wildman–Crippen MR) is 81.9 cm³/mol. The SMILES string of the molecule is CSC1CCCC1NC1CCCc2cc(O)ccc21. The van der Waals surface area contributed by atoms with Gasteiger partial charge in [-0.05, 0) is 61.6 Å². The number of aromatic hydroxyl groups is 1. The van der Waals surface area contributed by atoms with Crippen LogP contribution in [0.25, 0.3) is 0 Å². The molecule has 1 saturated carbocycles. The van der Waals surface area contributed by atoms with Crippen molar-refractivity contribution in [2.45, 2.75) is 55.9 Å². The van der Waals surface area contributed by atoms with Gasteiger partial charge in [-0.25, -0.2) is 0 Å². The largest absolute Gasteiger partial charge is 0.508 e. The summed E-state index contributed by atoms with van der Waals surface area (Å²) < 4.78 is 0. The molecule has 3 unspecified atom stereocenters. The monoisotopic (exact) mass is 277 g/mol. The molecule has 0 heterocycles. The lowest BCUT2D eigenvalue weighted by Crippen LogP contribution is -2.38. The minimum absolute atomic E-state index is 0.405. The number of thioether (sulfide) groups is 1. The van der Waals surface area contributed by atoms with Gasteiger partial charge in [0, 0.05) is 17.3 Å². The molecule has 104 valence electrons. The Morgan fingerprint density at radius 2 is 2.11 bits per heavy atom. The molecule has 0 aliphatic heterocycles. The van der Waals surface area contributed by atoms with E-state index < -0.39 is 0 Å². The Kier molecular flexibility index (Phi) is 4.04. The van der Waals surface area contributed by atoms with Crippen LogP contribution >= 0.6 is 11.8 Å². The molecule has 0 aromatic heterocycles. The zero-order chi connectivity index (χ0) is 13.2. The normalized spacial score (nSPS) is 30.3. The van der Waals surface area contributed by atoms with Crippen LogP contribution in [-0.2, 0) is 6.42 Å². The van der Waals surface area contributed by atoms with Crippen molar-refractivity contribution in [3.05, 3.63) is 29.3 Å². The van der Waals surface area contributed by atoms with Crippen LogP contribution in [0.2, 0.25) is 0 Å². The minimum Gasteiger partial charge on any atom is -0.508 e. The Morgan fingerprint density at radius 1 is 1.21 bits per heavy atom. The number of fused-ring (bicyclic) bond motifs is 1. The Labute approximate surface area is 120 Å². The number of rotatable bonds is 3. The highest BCUT2D eigenvalue weighted by molar-refractivity contribution is 7.99. The van der Waals surface area contributed by atoms with E-state index in [0.717, 1.165) is 11.7 Å². The van der Waals surface area contributed by atoms with E-state index in [1.54, 1.807) is 0 Å². The van der Waals surface area contributed by atoms with Gasteiger partial charge in [-0.2, -0.15) is 11.8 Å². The van der Waals surface area contributed by atoms with E-state index in [2.05, 4.69) is 17.6 Å². The Balaban J connectivity index is 1.76. The fourth-order valence-corrected chi connectivity index (χ4v) is 4.58. The maximum absolute atomic E-state index is 9.62. The van der Waals surface area contributed by atoms with Gasteiger partial charge in [-0.1, -0.05) is 12.5 Å². The average Bonchev–Trinajstić information content (AvgIpc) is 2.86. The number of benzene rings is 1. The summed E-state index contributed by atoms with van der Waals surface area (Å²) >= 11 is 2.01. The summed E-state index contributed by atoms with van der Waals surface area (Å²) in [5, 5.41) is 14.3. The molecule has 19 heavy (non-hydrogen) atoms. The van der Waals surface area contributed by atoms with E-state index in [4.69, 9.17) is 0 Å². The molecule has 1 fully saturated rings. The average molecular weight is 277 g/mol. The van der Waals surface area contributed by atoms with Crippen LogP contribution in [0.4, 0.5) is 0 Å². The number of hydrogen-bond acceptors (Lipinski definition) is 3. The lowest BCUT2D eigenvalue weighted by atomic mass is 9.87. The number of phenolic OH excluding ortho intramolecular Hbond substituents is 1. The molecule has 2 nitrogen and oxygen atoms in total. The van der Waals surface area contributed by atoms with Gasteiger partial charge in [-0.15, -0.1) is 0 Å². The first kappa shape index (κ1) is 13.3. The summed E-state index contributed by atoms with van der Waals surface area (Å²) in [5.74, 6) is 0.405. The van der Waals surface area contributed by atoms with E-state index >= 15 is 0 Å². The van der Waals surface area contributed by atoms with Crippen molar-refractivity contribution in [3.63, 3.8) is 0 Å². The van der Waals surface area contributed by atoms with Crippen LogP contribution in [0.15, 0.2) is 18.2 Å². The summed E-state index contributed by atoms with van der Waals surface area (Å²) in [6, 6.07) is 7.05. The summed E-state index contributed by atoms with van der Waals surface area (Å²) in [4.78, 5) is 0. The third-order valence-electron chi connectivity index (χ3n) is 4.61. The van der Waals surface area contributed by atoms with Crippen LogP contribution in [0, 0.1) is 0 Å². The molecule has 2 aliphatic rings. The van der Waals surface area contributed by atoms with Crippen molar-refractivity contribution < 1.29 is 5.11 Å². The molecule has 0 amide bonds. The molecule has 1 aromatic rings. The van der Waals surface area contributed by atoms with Crippen molar-refractivity contribution in [3.8, 4) is 5.75 Å². The fraction of sp³-hybridized carbons (Fsp3) is 0.625. The lowest BCUT2D eigenvalue weighted by molar-refractivity contribution is 0.399. The van der Waals surface area contributed by atoms with Crippen LogP contribution in [-0.4, -0.2) is 22.7 Å². The number of nitrogens with one attached hydrogen (secondary N) is 1. The van der Waals surface area contributed by atoms with E-state index in [-0.39, 0.29) is 0 Å². The van der Waals surface area contributed by atoms with Crippen LogP contribution in [0.1, 0.15) is 49.3 Å². The van der Waals surface area contributed by atoms with Crippen molar-refractivity contribution in [2.75, 3.05) is 6.26 Å². The first-order chi connectivity index (χ1) is 9.28. The van der Waals surface area contributed by atoms with Crippen molar-refractivity contribution in [1.29, 1.82) is 0 Å². The van der Waals surface area contributed by atoms with E-state index in [9.17, 15) is 5.11 Å². The number of aryl methyl sites for hydroxylation is 1. The Bertz CT molecular complexity index is 448. The maximum Gasteiger partial charge on any atom is 0.115 e. The lowest BCUT2D eigenvalue weighted by Gasteiger charge is -2.31. The molecule has 0 radical (unpaired) electrons. The van der Waals surface area contributed by atoms with Crippen molar-refractivity contribution >= 4 is 11.8 Å². The first-order valence-corrected chi connectivity index (χ1v) is 8.67. The van der Waals surface area contributed by atoms with Gasteiger partial charge in [0.1, 0.15) is 5.75 Å². The van der Waals surface area contributed by atoms with Gasteiger partial charge in [0.2, 0.25) is 0 Å². The second-order valence-electron chi connectivity index (χ2n) is 5.81. The molecule has 2 aliphatic carbocycles. The molecule has 1 aromatic carbocycles. The van der Waals surface area contributed by atoms with Crippen LogP contribution < -0.4 is 5.32 Å². The van der Waals surface area contributed by atoms with Crippen LogP contribution in [0.3, 0.4) is 0 Å². The molecule has 0 spiro atoms. The van der Waals surface area contributed by atoms with Crippen LogP contribution in [0.5, 0.6) is 5.75 Å². The maximum atomic E-state index is 9.62.